The van der Waals surface area contributed by atoms with E-state index in [-0.39, 0.29) is 22.8 Å². The molecule has 0 aromatic heterocycles. The number of aromatic hydroxyl groups is 1. The second-order valence-electron chi connectivity index (χ2n) is 7.93. The molecule has 0 fully saturated rings. The molecular weight excluding hydrogens is 414 g/mol. The molecule has 2 aromatic carbocycles. The van der Waals surface area contributed by atoms with E-state index in [9.17, 15) is 9.90 Å². The first-order valence-electron chi connectivity index (χ1n) is 10.4. The second kappa shape index (κ2) is 9.99. The monoisotopic (exact) mass is 445 g/mol. The Kier molecular flexibility index (Phi) is 7.35. The van der Waals surface area contributed by atoms with Gasteiger partial charge in [-0.3, -0.25) is 4.79 Å². The fourth-order valence-corrected chi connectivity index (χ4v) is 4.05. The number of fused-ring (bicyclic) bond motifs is 1. The molecule has 0 radical (unpaired) electrons. The minimum Gasteiger partial charge on any atom is -0.507 e. The Balaban J connectivity index is 2.10. The van der Waals surface area contributed by atoms with E-state index in [4.69, 9.17) is 23.7 Å². The van der Waals surface area contributed by atoms with Crippen molar-refractivity contribution in [3.8, 4) is 34.5 Å². The molecule has 0 saturated carbocycles. The zero-order valence-electron chi connectivity index (χ0n) is 19.4. The van der Waals surface area contributed by atoms with Crippen molar-refractivity contribution in [2.24, 2.45) is 5.92 Å². The van der Waals surface area contributed by atoms with Crippen LogP contribution in [0.4, 0.5) is 0 Å². The molecule has 8 heteroatoms. The van der Waals surface area contributed by atoms with E-state index in [2.05, 4.69) is 4.90 Å². The highest BCUT2D eigenvalue weighted by Crippen LogP contribution is 2.48. The standard InChI is InChI=1S/C24H31NO7/c1-25(2)9-7-8-16-22(27)21-17(26)12-15(28-3)13-18(21)32-23(16)14-10-19(29-4)24(31-6)20(11-14)30-5/h10-13,16,23,26H,7-9H2,1-6H3. The van der Waals surface area contributed by atoms with Gasteiger partial charge in [0.2, 0.25) is 5.75 Å². The van der Waals surface area contributed by atoms with E-state index in [0.29, 0.717) is 29.4 Å². The third-order valence-corrected chi connectivity index (χ3v) is 5.63. The van der Waals surface area contributed by atoms with Crippen LogP contribution >= 0.6 is 0 Å². The van der Waals surface area contributed by atoms with Crippen LogP contribution in [-0.2, 0) is 0 Å². The van der Waals surface area contributed by atoms with E-state index in [1.165, 1.54) is 20.3 Å². The number of ketones is 1. The number of ether oxygens (including phenoxy) is 5. The van der Waals surface area contributed by atoms with E-state index in [1.807, 2.05) is 14.1 Å². The maximum atomic E-state index is 13.5. The molecule has 3 rings (SSSR count). The first-order valence-corrected chi connectivity index (χ1v) is 10.4. The second-order valence-corrected chi connectivity index (χ2v) is 7.93. The molecule has 0 amide bonds. The fraction of sp³-hybridized carbons (Fsp3) is 0.458. The smallest absolute Gasteiger partial charge is 0.203 e. The lowest BCUT2D eigenvalue weighted by Gasteiger charge is -2.34. The molecule has 8 nitrogen and oxygen atoms in total. The number of nitrogens with zero attached hydrogens (tertiary/aromatic N) is 1. The Labute approximate surface area is 188 Å². The van der Waals surface area contributed by atoms with E-state index >= 15 is 0 Å². The Morgan fingerprint density at radius 2 is 1.62 bits per heavy atom. The Morgan fingerprint density at radius 3 is 2.16 bits per heavy atom. The molecular formula is C24H31NO7. The van der Waals surface area contributed by atoms with Gasteiger partial charge in [0.15, 0.2) is 17.3 Å². The molecule has 2 aromatic rings. The van der Waals surface area contributed by atoms with Crippen molar-refractivity contribution in [1.29, 1.82) is 0 Å². The Hall–Kier alpha value is -3.13. The predicted molar refractivity (Wildman–Crippen MR) is 120 cm³/mol. The molecule has 32 heavy (non-hydrogen) atoms. The van der Waals surface area contributed by atoms with Crippen LogP contribution in [0.25, 0.3) is 0 Å². The van der Waals surface area contributed by atoms with E-state index in [0.717, 1.165) is 18.5 Å². The zero-order valence-corrected chi connectivity index (χ0v) is 19.4. The maximum Gasteiger partial charge on any atom is 0.203 e. The van der Waals surface area contributed by atoms with E-state index in [1.54, 1.807) is 32.4 Å². The van der Waals surface area contributed by atoms with Gasteiger partial charge in [0.25, 0.3) is 0 Å². The molecule has 0 bridgehead atoms. The van der Waals surface area contributed by atoms with Crippen molar-refractivity contribution < 1.29 is 33.6 Å². The van der Waals surface area contributed by atoms with Crippen LogP contribution in [-0.4, -0.2) is 64.9 Å². The van der Waals surface area contributed by atoms with Crippen LogP contribution in [0.2, 0.25) is 0 Å². The summed E-state index contributed by atoms with van der Waals surface area (Å²) < 4.78 is 28.0. The van der Waals surface area contributed by atoms with Gasteiger partial charge in [0.1, 0.15) is 28.9 Å². The maximum absolute atomic E-state index is 13.5. The average molecular weight is 446 g/mol. The van der Waals surface area contributed by atoms with Crippen molar-refractivity contribution in [3.05, 3.63) is 35.4 Å². The first kappa shape index (κ1) is 23.5. The molecule has 174 valence electrons. The number of methoxy groups -OCH3 is 4. The molecule has 0 saturated heterocycles. The quantitative estimate of drug-likeness (QED) is 0.625. The topological polar surface area (TPSA) is 86.7 Å². The van der Waals surface area contributed by atoms with Gasteiger partial charge < -0.3 is 33.7 Å². The van der Waals surface area contributed by atoms with Gasteiger partial charge in [-0.1, -0.05) is 0 Å². The number of hydrogen-bond donors (Lipinski definition) is 1. The summed E-state index contributed by atoms with van der Waals surface area (Å²) in [6, 6.07) is 6.64. The molecule has 0 aliphatic carbocycles. The van der Waals surface area contributed by atoms with Crippen molar-refractivity contribution in [2.75, 3.05) is 49.1 Å². The van der Waals surface area contributed by atoms with Crippen molar-refractivity contribution >= 4 is 5.78 Å². The van der Waals surface area contributed by atoms with Gasteiger partial charge in [-0.2, -0.15) is 0 Å². The summed E-state index contributed by atoms with van der Waals surface area (Å²) in [5, 5.41) is 10.5. The van der Waals surface area contributed by atoms with Crippen molar-refractivity contribution in [1.82, 2.24) is 4.90 Å². The lowest BCUT2D eigenvalue weighted by Crippen LogP contribution is -2.32. The minimum absolute atomic E-state index is 0.148. The molecule has 2 unspecified atom stereocenters. The molecule has 1 aliphatic heterocycles. The normalized spacial score (nSPS) is 17.5. The van der Waals surface area contributed by atoms with Gasteiger partial charge in [0.05, 0.1) is 34.4 Å². The average Bonchev–Trinajstić information content (AvgIpc) is 2.78. The van der Waals surface area contributed by atoms with Crippen molar-refractivity contribution in [2.45, 2.75) is 18.9 Å². The first-order chi connectivity index (χ1) is 15.3. The van der Waals surface area contributed by atoms with Gasteiger partial charge >= 0.3 is 0 Å². The van der Waals surface area contributed by atoms with E-state index < -0.39 is 12.0 Å². The summed E-state index contributed by atoms with van der Waals surface area (Å²) in [6.45, 7) is 0.827. The minimum atomic E-state index is -0.600. The SMILES string of the molecule is COc1cc(O)c2c(c1)OC(c1cc(OC)c(OC)c(OC)c1)C(CCCN(C)C)C2=O. The summed E-state index contributed by atoms with van der Waals surface area (Å²) in [5.41, 5.74) is 0.903. The molecule has 1 aliphatic rings. The lowest BCUT2D eigenvalue weighted by molar-refractivity contribution is 0.0620. The van der Waals surface area contributed by atoms with Crippen LogP contribution in [0, 0.1) is 5.92 Å². The molecule has 0 spiro atoms. The number of rotatable bonds is 9. The molecule has 2 atom stereocenters. The summed E-state index contributed by atoms with van der Waals surface area (Å²) in [6.07, 6.45) is 0.779. The highest BCUT2D eigenvalue weighted by molar-refractivity contribution is 6.04. The number of phenols is 1. The summed E-state index contributed by atoms with van der Waals surface area (Å²) in [7, 11) is 10.1. The summed E-state index contributed by atoms with van der Waals surface area (Å²) >= 11 is 0. The number of Topliss-reactive ketones (excluding diaryl/α,β-unsaturated/α-hetero) is 1. The van der Waals surface area contributed by atoms with Crippen LogP contribution in [0.15, 0.2) is 24.3 Å². The third kappa shape index (κ3) is 4.55. The number of carbonyl (C=O) groups excluding carboxylic acids is 1. The number of benzene rings is 2. The van der Waals surface area contributed by atoms with Gasteiger partial charge in [-0.25, -0.2) is 0 Å². The van der Waals surface area contributed by atoms with Crippen LogP contribution in [0.1, 0.15) is 34.9 Å². The molecule has 1 N–H and O–H groups in total. The number of carbonyl (C=O) groups is 1. The van der Waals surface area contributed by atoms with Gasteiger partial charge in [-0.05, 0) is 45.6 Å². The Morgan fingerprint density at radius 1 is 0.969 bits per heavy atom. The largest absolute Gasteiger partial charge is 0.507 e. The summed E-state index contributed by atoms with van der Waals surface area (Å²) in [5.74, 6) is 1.30. The third-order valence-electron chi connectivity index (χ3n) is 5.63. The fourth-order valence-electron chi connectivity index (χ4n) is 4.05. The molecule has 1 heterocycles. The lowest BCUT2D eigenvalue weighted by atomic mass is 9.82. The summed E-state index contributed by atoms with van der Waals surface area (Å²) in [4.78, 5) is 15.6. The number of hydrogen-bond acceptors (Lipinski definition) is 8. The van der Waals surface area contributed by atoms with Crippen LogP contribution in [0.3, 0.4) is 0 Å². The van der Waals surface area contributed by atoms with Crippen LogP contribution < -0.4 is 23.7 Å². The highest BCUT2D eigenvalue weighted by Gasteiger charge is 2.40. The number of phenolic OH excluding ortho intramolecular Hbond substituents is 1. The van der Waals surface area contributed by atoms with Crippen molar-refractivity contribution in [3.63, 3.8) is 0 Å². The van der Waals surface area contributed by atoms with Crippen LogP contribution in [0.5, 0.6) is 34.5 Å². The Bertz CT molecular complexity index is 948. The highest BCUT2D eigenvalue weighted by atomic mass is 16.5. The zero-order chi connectivity index (χ0) is 23.4. The van der Waals surface area contributed by atoms with Gasteiger partial charge in [0, 0.05) is 17.7 Å². The predicted octanol–water partition coefficient (Wildman–Crippen LogP) is 3.70. The van der Waals surface area contributed by atoms with Gasteiger partial charge in [-0.15, -0.1) is 0 Å².